The quantitative estimate of drug-likeness (QED) is 0.133. The highest BCUT2D eigenvalue weighted by molar-refractivity contribution is 6.34. The van der Waals surface area contributed by atoms with Crippen molar-refractivity contribution in [2.45, 2.75) is 19.4 Å². The fourth-order valence-corrected chi connectivity index (χ4v) is 5.05. The molecule has 9 nitrogen and oxygen atoms in total. The van der Waals surface area contributed by atoms with Gasteiger partial charge in [0.25, 0.3) is 5.69 Å². The first-order valence-corrected chi connectivity index (χ1v) is 12.7. The van der Waals surface area contributed by atoms with Crippen LogP contribution in [0.4, 0.5) is 11.4 Å². The summed E-state index contributed by atoms with van der Waals surface area (Å²) in [6, 6.07) is 22.0. The monoisotopic (exact) mass is 553 g/mol. The number of nitro groups is 1. The van der Waals surface area contributed by atoms with E-state index in [1.165, 1.54) is 26.0 Å². The normalized spacial score (nSPS) is 11.2. The largest absolute Gasteiger partial charge is 0.465 e. The number of esters is 2. The average Bonchev–Trinajstić information content (AvgIpc) is 2.90. The van der Waals surface area contributed by atoms with E-state index in [-0.39, 0.29) is 25.4 Å². The van der Waals surface area contributed by atoms with Gasteiger partial charge >= 0.3 is 11.9 Å². The van der Waals surface area contributed by atoms with Crippen molar-refractivity contribution in [1.82, 2.24) is 4.90 Å². The molecule has 0 bridgehead atoms. The number of nitro benzene ring substituents is 1. The number of likely N-dealkylation sites (N-methyl/N-ethyl adjacent to an activating group) is 2. The minimum absolute atomic E-state index is 0.0883. The lowest BCUT2D eigenvalue weighted by atomic mass is 9.75. The number of benzene rings is 3. The van der Waals surface area contributed by atoms with Crippen molar-refractivity contribution in [3.63, 3.8) is 0 Å². The van der Waals surface area contributed by atoms with Crippen molar-refractivity contribution in [1.29, 1.82) is 0 Å². The van der Waals surface area contributed by atoms with Gasteiger partial charge in [-0.05, 0) is 18.2 Å². The van der Waals surface area contributed by atoms with Crippen molar-refractivity contribution in [2.24, 2.45) is 0 Å². The van der Waals surface area contributed by atoms with Gasteiger partial charge in [-0.3, -0.25) is 24.6 Å². The Hall–Kier alpha value is -3.95. The summed E-state index contributed by atoms with van der Waals surface area (Å²) in [4.78, 5) is 38.2. The highest BCUT2D eigenvalue weighted by atomic mass is 35.5. The van der Waals surface area contributed by atoms with Gasteiger partial charge in [0.15, 0.2) is 0 Å². The predicted octanol–water partition coefficient (Wildman–Crippen LogP) is 5.03. The lowest BCUT2D eigenvalue weighted by molar-refractivity contribution is -0.384. The highest BCUT2D eigenvalue weighted by Crippen LogP contribution is 2.48. The molecule has 10 heteroatoms. The molecule has 0 aliphatic carbocycles. The minimum atomic E-state index is -1.10. The van der Waals surface area contributed by atoms with Crippen molar-refractivity contribution < 1.29 is 24.0 Å². The summed E-state index contributed by atoms with van der Waals surface area (Å²) in [5.74, 6) is -0.825. The van der Waals surface area contributed by atoms with Crippen LogP contribution >= 0.6 is 11.6 Å². The minimum Gasteiger partial charge on any atom is -0.465 e. The lowest BCUT2D eigenvalue weighted by Gasteiger charge is -2.44. The molecule has 39 heavy (non-hydrogen) atoms. The number of hydrogen-bond donors (Lipinski definition) is 0. The first-order chi connectivity index (χ1) is 18.6. The Morgan fingerprint density at radius 3 is 1.82 bits per heavy atom. The molecule has 3 rings (SSSR count). The van der Waals surface area contributed by atoms with Gasteiger partial charge in [0.05, 0.1) is 27.7 Å². The van der Waals surface area contributed by atoms with Crippen LogP contribution in [0, 0.1) is 10.1 Å². The van der Waals surface area contributed by atoms with E-state index in [0.29, 0.717) is 22.8 Å². The second-order valence-electron chi connectivity index (χ2n) is 9.05. The van der Waals surface area contributed by atoms with Crippen molar-refractivity contribution in [3.8, 4) is 0 Å². The lowest BCUT2D eigenvalue weighted by Crippen LogP contribution is -2.47. The van der Waals surface area contributed by atoms with Gasteiger partial charge in [-0.2, -0.15) is 0 Å². The van der Waals surface area contributed by atoms with Gasteiger partial charge in [0, 0.05) is 45.1 Å². The summed E-state index contributed by atoms with van der Waals surface area (Å²) in [5, 5.41) is 12.5. The molecule has 3 aromatic rings. The first-order valence-electron chi connectivity index (χ1n) is 12.4. The van der Waals surface area contributed by atoms with Crippen molar-refractivity contribution in [2.75, 3.05) is 45.3 Å². The maximum absolute atomic E-state index is 12.2. The molecular formula is C29H32ClN3O6. The van der Waals surface area contributed by atoms with Gasteiger partial charge in [-0.25, -0.2) is 0 Å². The first kappa shape index (κ1) is 29.6. The van der Waals surface area contributed by atoms with Crippen LogP contribution in [0.5, 0.6) is 0 Å². The van der Waals surface area contributed by atoms with Gasteiger partial charge in [-0.1, -0.05) is 72.3 Å². The fraction of sp³-hybridized carbons (Fsp3) is 0.310. The Kier molecular flexibility index (Phi) is 10.0. The molecule has 0 radical (unpaired) electrons. The van der Waals surface area contributed by atoms with Crippen molar-refractivity contribution >= 4 is 34.9 Å². The summed E-state index contributed by atoms with van der Waals surface area (Å²) in [5.41, 5.74) is 1.29. The van der Waals surface area contributed by atoms with E-state index in [2.05, 4.69) is 0 Å². The van der Waals surface area contributed by atoms with Gasteiger partial charge in [0.2, 0.25) is 0 Å². The smallest absolute Gasteiger partial charge is 0.302 e. The molecule has 0 saturated carbocycles. The molecule has 0 fully saturated rings. The highest BCUT2D eigenvalue weighted by Gasteiger charge is 2.43. The number of halogens is 1. The molecule has 0 N–H and O–H groups in total. The third kappa shape index (κ3) is 6.74. The zero-order valence-corrected chi connectivity index (χ0v) is 23.2. The number of hydrogen-bond acceptors (Lipinski definition) is 8. The zero-order valence-electron chi connectivity index (χ0n) is 22.4. The molecule has 0 aromatic heterocycles. The SMILES string of the molecule is CC(=O)OCCN(C)c1cc([N+](=O)[O-])cc(C(c2ccccc2)(c2ccccc2)N(C)CCOC(C)=O)c1Cl. The summed E-state index contributed by atoms with van der Waals surface area (Å²) in [7, 11) is 3.60. The number of carbonyl (C=O) groups excluding carboxylic acids is 2. The molecule has 0 saturated heterocycles. The number of non-ortho nitro benzene ring substituents is 1. The van der Waals surface area contributed by atoms with E-state index in [1.807, 2.05) is 72.6 Å². The maximum atomic E-state index is 12.2. The number of rotatable bonds is 12. The van der Waals surface area contributed by atoms with Gasteiger partial charge in [-0.15, -0.1) is 0 Å². The Labute approximate surface area is 233 Å². The van der Waals surface area contributed by atoms with Gasteiger partial charge < -0.3 is 14.4 Å². The van der Waals surface area contributed by atoms with Crippen LogP contribution in [0.15, 0.2) is 72.8 Å². The summed E-state index contributed by atoms with van der Waals surface area (Å²) in [6.45, 7) is 3.43. The van der Waals surface area contributed by atoms with E-state index >= 15 is 0 Å². The topological polar surface area (TPSA) is 102 Å². The number of nitrogens with zero attached hydrogens (tertiary/aromatic N) is 3. The number of ether oxygens (including phenoxy) is 2. The molecule has 0 atom stereocenters. The molecular weight excluding hydrogens is 522 g/mol. The molecule has 0 amide bonds. The second kappa shape index (κ2) is 13.2. The Bertz CT molecular complexity index is 1260. The van der Waals surface area contributed by atoms with Crippen molar-refractivity contribution in [3.05, 3.63) is 105 Å². The summed E-state index contributed by atoms with van der Waals surface area (Å²) in [6.07, 6.45) is 0. The predicted molar refractivity (Wildman–Crippen MR) is 150 cm³/mol. The van der Waals surface area contributed by atoms with Crippen LogP contribution in [0.3, 0.4) is 0 Å². The van der Waals surface area contributed by atoms with Crippen LogP contribution in [0.2, 0.25) is 5.02 Å². The molecule has 206 valence electrons. The van der Waals surface area contributed by atoms with E-state index in [1.54, 1.807) is 11.9 Å². The van der Waals surface area contributed by atoms with Crippen LogP contribution < -0.4 is 4.90 Å². The standard InChI is InChI=1S/C29H32ClN3O6/c1-21(34)38-17-15-31(3)27-20-25(33(36)37)19-26(28(27)30)29(23-11-7-5-8-12-23,24-13-9-6-10-14-24)32(4)16-18-39-22(2)35/h5-14,19-20H,15-18H2,1-4H3. The average molecular weight is 554 g/mol. The number of carbonyl (C=O) groups is 2. The zero-order chi connectivity index (χ0) is 28.6. The van der Waals surface area contributed by atoms with E-state index in [9.17, 15) is 19.7 Å². The Balaban J connectivity index is 2.33. The van der Waals surface area contributed by atoms with Crippen LogP contribution in [0.25, 0.3) is 0 Å². The third-order valence-corrected chi connectivity index (χ3v) is 6.87. The molecule has 0 aliphatic rings. The van der Waals surface area contributed by atoms with Crippen LogP contribution in [-0.2, 0) is 24.6 Å². The fourth-order valence-electron chi connectivity index (χ4n) is 4.66. The molecule has 0 aliphatic heterocycles. The Morgan fingerprint density at radius 2 is 1.36 bits per heavy atom. The molecule has 0 unspecified atom stereocenters. The maximum Gasteiger partial charge on any atom is 0.302 e. The van der Waals surface area contributed by atoms with E-state index in [4.69, 9.17) is 21.1 Å². The summed E-state index contributed by atoms with van der Waals surface area (Å²) < 4.78 is 10.3. The molecule has 0 spiro atoms. The van der Waals surface area contributed by atoms with E-state index < -0.39 is 22.4 Å². The second-order valence-corrected chi connectivity index (χ2v) is 9.43. The van der Waals surface area contributed by atoms with Crippen LogP contribution in [0.1, 0.15) is 30.5 Å². The molecule has 0 heterocycles. The third-order valence-electron chi connectivity index (χ3n) is 6.47. The number of anilines is 1. The van der Waals surface area contributed by atoms with Gasteiger partial charge in [0.1, 0.15) is 13.2 Å². The summed E-state index contributed by atoms with van der Waals surface area (Å²) >= 11 is 7.15. The van der Waals surface area contributed by atoms with Crippen LogP contribution in [-0.4, -0.2) is 62.2 Å². The van der Waals surface area contributed by atoms with E-state index in [0.717, 1.165) is 11.1 Å². The Morgan fingerprint density at radius 1 is 0.872 bits per heavy atom. The molecule has 3 aromatic carbocycles.